The van der Waals surface area contributed by atoms with Crippen molar-refractivity contribution >= 4 is 22.8 Å². The lowest BCUT2D eigenvalue weighted by Gasteiger charge is -2.07. The minimum Gasteiger partial charge on any atom is -0.383 e. The van der Waals surface area contributed by atoms with Crippen LogP contribution in [0.2, 0.25) is 0 Å². The average molecular weight is 251 g/mol. The number of nitrogen functional groups attached to an aromatic ring is 1. The summed E-state index contributed by atoms with van der Waals surface area (Å²) < 4.78 is 0. The molecule has 2 heterocycles. The molecule has 0 unspecified atom stereocenters. The van der Waals surface area contributed by atoms with Crippen molar-refractivity contribution in [2.24, 2.45) is 0 Å². The number of aromatic nitrogens is 3. The molecule has 0 fully saturated rings. The third-order valence-corrected chi connectivity index (χ3v) is 2.79. The molecule has 2 aromatic heterocycles. The van der Waals surface area contributed by atoms with Gasteiger partial charge in [-0.15, -0.1) is 0 Å². The van der Waals surface area contributed by atoms with Crippen molar-refractivity contribution in [1.82, 2.24) is 15.0 Å². The van der Waals surface area contributed by atoms with Crippen LogP contribution in [0.1, 0.15) is 5.56 Å². The van der Waals surface area contributed by atoms with Gasteiger partial charge in [-0.1, -0.05) is 30.3 Å². The van der Waals surface area contributed by atoms with E-state index in [1.807, 2.05) is 42.5 Å². The molecule has 1 aromatic carbocycles. The fourth-order valence-corrected chi connectivity index (χ4v) is 1.84. The third kappa shape index (κ3) is 2.44. The zero-order valence-corrected chi connectivity index (χ0v) is 10.2. The summed E-state index contributed by atoms with van der Waals surface area (Å²) >= 11 is 0. The second-order valence-electron chi connectivity index (χ2n) is 4.15. The van der Waals surface area contributed by atoms with Crippen LogP contribution in [0.15, 0.2) is 48.7 Å². The first kappa shape index (κ1) is 11.4. The molecular weight excluding hydrogens is 238 g/mol. The number of nitrogens with one attached hydrogen (secondary N) is 1. The number of benzene rings is 1. The average Bonchev–Trinajstić information content (AvgIpc) is 2.46. The van der Waals surface area contributed by atoms with Crippen LogP contribution in [0, 0.1) is 0 Å². The van der Waals surface area contributed by atoms with E-state index in [1.54, 1.807) is 6.20 Å². The van der Waals surface area contributed by atoms with E-state index >= 15 is 0 Å². The lowest BCUT2D eigenvalue weighted by atomic mass is 10.2. The second kappa shape index (κ2) is 4.89. The van der Waals surface area contributed by atoms with Gasteiger partial charge in [0.15, 0.2) is 5.65 Å². The molecule has 5 heteroatoms. The van der Waals surface area contributed by atoms with Crippen molar-refractivity contribution in [2.45, 2.75) is 6.54 Å². The highest BCUT2D eigenvalue weighted by Crippen LogP contribution is 2.17. The van der Waals surface area contributed by atoms with Crippen LogP contribution in [0.5, 0.6) is 0 Å². The predicted molar refractivity (Wildman–Crippen MR) is 75.5 cm³/mol. The molecule has 0 amide bonds. The molecule has 0 radical (unpaired) electrons. The Morgan fingerprint density at radius 1 is 1.00 bits per heavy atom. The molecule has 0 saturated heterocycles. The largest absolute Gasteiger partial charge is 0.383 e. The molecule has 94 valence electrons. The van der Waals surface area contributed by atoms with E-state index in [0.29, 0.717) is 24.0 Å². The lowest BCUT2D eigenvalue weighted by Crippen LogP contribution is -2.06. The maximum absolute atomic E-state index is 5.89. The van der Waals surface area contributed by atoms with Gasteiger partial charge in [-0.25, -0.2) is 4.98 Å². The van der Waals surface area contributed by atoms with E-state index in [1.165, 1.54) is 0 Å². The predicted octanol–water partition coefficient (Wildman–Crippen LogP) is 2.22. The van der Waals surface area contributed by atoms with Crippen molar-refractivity contribution < 1.29 is 0 Å². The zero-order chi connectivity index (χ0) is 13.1. The van der Waals surface area contributed by atoms with Gasteiger partial charge in [0, 0.05) is 12.7 Å². The summed E-state index contributed by atoms with van der Waals surface area (Å²) in [5, 5.41) is 3.92. The van der Waals surface area contributed by atoms with Crippen LogP contribution in [-0.4, -0.2) is 15.0 Å². The van der Waals surface area contributed by atoms with Crippen LogP contribution >= 0.6 is 0 Å². The third-order valence-electron chi connectivity index (χ3n) is 2.79. The van der Waals surface area contributed by atoms with Crippen molar-refractivity contribution in [1.29, 1.82) is 0 Å². The summed E-state index contributed by atoms with van der Waals surface area (Å²) in [6.45, 7) is 0.651. The summed E-state index contributed by atoms with van der Waals surface area (Å²) in [6.07, 6.45) is 1.69. The quantitative estimate of drug-likeness (QED) is 0.746. The number of nitrogens with two attached hydrogens (primary N) is 1. The highest BCUT2D eigenvalue weighted by Gasteiger charge is 2.05. The Morgan fingerprint density at radius 3 is 2.68 bits per heavy atom. The highest BCUT2D eigenvalue weighted by atomic mass is 15.1. The molecule has 3 N–H and O–H groups in total. The van der Waals surface area contributed by atoms with E-state index in [2.05, 4.69) is 20.3 Å². The first-order chi connectivity index (χ1) is 9.33. The molecule has 5 nitrogen and oxygen atoms in total. The molecule has 0 saturated carbocycles. The standard InChI is InChI=1S/C14H13N5/c15-12-11-7-4-8-16-13(11)19-14(18-12)17-9-10-5-2-1-3-6-10/h1-8H,9H2,(H3,15,16,17,18,19). The number of hydrogen-bond donors (Lipinski definition) is 2. The Bertz CT molecular complexity index is 697. The van der Waals surface area contributed by atoms with Gasteiger partial charge in [0.1, 0.15) is 5.82 Å². The van der Waals surface area contributed by atoms with Gasteiger partial charge >= 0.3 is 0 Å². The Kier molecular flexibility index (Phi) is 2.94. The van der Waals surface area contributed by atoms with Crippen LogP contribution in [0.3, 0.4) is 0 Å². The molecule has 19 heavy (non-hydrogen) atoms. The van der Waals surface area contributed by atoms with Gasteiger partial charge in [0.25, 0.3) is 0 Å². The fraction of sp³-hybridized carbons (Fsp3) is 0.0714. The second-order valence-corrected chi connectivity index (χ2v) is 4.15. The number of nitrogens with zero attached hydrogens (tertiary/aromatic N) is 3. The highest BCUT2D eigenvalue weighted by molar-refractivity contribution is 5.85. The topological polar surface area (TPSA) is 76.7 Å². The Balaban J connectivity index is 1.85. The SMILES string of the molecule is Nc1nc(NCc2ccccc2)nc2ncccc12. The molecule has 0 bridgehead atoms. The van der Waals surface area contributed by atoms with Crippen LogP contribution in [0.4, 0.5) is 11.8 Å². The number of pyridine rings is 1. The van der Waals surface area contributed by atoms with E-state index in [9.17, 15) is 0 Å². The molecule has 0 atom stereocenters. The van der Waals surface area contributed by atoms with E-state index in [-0.39, 0.29) is 0 Å². The Morgan fingerprint density at radius 2 is 1.84 bits per heavy atom. The molecule has 0 aliphatic rings. The van der Waals surface area contributed by atoms with Gasteiger partial charge in [-0.3, -0.25) is 0 Å². The summed E-state index contributed by atoms with van der Waals surface area (Å²) in [6, 6.07) is 13.7. The first-order valence-corrected chi connectivity index (χ1v) is 5.99. The van der Waals surface area contributed by atoms with Gasteiger partial charge in [0.05, 0.1) is 5.39 Å². The normalized spacial score (nSPS) is 10.5. The van der Waals surface area contributed by atoms with Crippen molar-refractivity contribution in [3.8, 4) is 0 Å². The number of hydrogen-bond acceptors (Lipinski definition) is 5. The van der Waals surface area contributed by atoms with E-state index in [4.69, 9.17) is 5.73 Å². The monoisotopic (exact) mass is 251 g/mol. The van der Waals surface area contributed by atoms with E-state index in [0.717, 1.165) is 10.9 Å². The van der Waals surface area contributed by atoms with Crippen molar-refractivity contribution in [2.75, 3.05) is 11.1 Å². The molecule has 0 spiro atoms. The molecule has 0 aliphatic carbocycles. The molecule has 0 aliphatic heterocycles. The Hall–Kier alpha value is -2.69. The Labute approximate surface area is 110 Å². The van der Waals surface area contributed by atoms with Gasteiger partial charge in [-0.2, -0.15) is 9.97 Å². The van der Waals surface area contributed by atoms with Crippen molar-refractivity contribution in [3.63, 3.8) is 0 Å². The molecular formula is C14H13N5. The summed E-state index contributed by atoms with van der Waals surface area (Å²) in [5.41, 5.74) is 7.66. The van der Waals surface area contributed by atoms with Crippen molar-refractivity contribution in [3.05, 3.63) is 54.2 Å². The number of rotatable bonds is 3. The van der Waals surface area contributed by atoms with Crippen LogP contribution in [0.25, 0.3) is 11.0 Å². The fourth-order valence-electron chi connectivity index (χ4n) is 1.84. The molecule has 3 rings (SSSR count). The maximum atomic E-state index is 5.89. The number of fused-ring (bicyclic) bond motifs is 1. The lowest BCUT2D eigenvalue weighted by molar-refractivity contribution is 1.07. The summed E-state index contributed by atoms with van der Waals surface area (Å²) in [5.74, 6) is 0.932. The van der Waals surface area contributed by atoms with Crippen LogP contribution in [-0.2, 0) is 6.54 Å². The minimum absolute atomic E-state index is 0.439. The van der Waals surface area contributed by atoms with Gasteiger partial charge in [0.2, 0.25) is 5.95 Å². The van der Waals surface area contributed by atoms with Gasteiger partial charge in [-0.05, 0) is 17.7 Å². The minimum atomic E-state index is 0.439. The maximum Gasteiger partial charge on any atom is 0.226 e. The first-order valence-electron chi connectivity index (χ1n) is 5.99. The summed E-state index contributed by atoms with van der Waals surface area (Å²) in [7, 11) is 0. The number of anilines is 2. The summed E-state index contributed by atoms with van der Waals surface area (Å²) in [4.78, 5) is 12.8. The van der Waals surface area contributed by atoms with E-state index < -0.39 is 0 Å². The molecule has 3 aromatic rings. The van der Waals surface area contributed by atoms with Gasteiger partial charge < -0.3 is 11.1 Å². The smallest absolute Gasteiger partial charge is 0.226 e. The zero-order valence-electron chi connectivity index (χ0n) is 10.2. The van der Waals surface area contributed by atoms with Crippen LogP contribution < -0.4 is 11.1 Å².